The van der Waals surface area contributed by atoms with Crippen LogP contribution in [0, 0.1) is 11.6 Å². The highest BCUT2D eigenvalue weighted by Crippen LogP contribution is 2.23. The van der Waals surface area contributed by atoms with Crippen LogP contribution in [0.1, 0.15) is 5.76 Å². The number of nitrogens with zero attached hydrogens (tertiary/aromatic N) is 2. The molecule has 2 heterocycles. The highest BCUT2D eigenvalue weighted by Gasteiger charge is 2.11. The van der Waals surface area contributed by atoms with E-state index in [1.165, 1.54) is 23.5 Å². The van der Waals surface area contributed by atoms with Crippen molar-refractivity contribution in [2.75, 3.05) is 0 Å². The second-order valence-electron chi connectivity index (χ2n) is 5.64. The van der Waals surface area contributed by atoms with Gasteiger partial charge in [0.05, 0.1) is 18.5 Å². The molecule has 0 bridgehead atoms. The molecule has 3 nitrogen and oxygen atoms in total. The van der Waals surface area contributed by atoms with Crippen molar-refractivity contribution in [3.05, 3.63) is 94.5 Å². The summed E-state index contributed by atoms with van der Waals surface area (Å²) < 4.78 is 34.6. The number of aromatic nitrogens is 1. The van der Waals surface area contributed by atoms with Gasteiger partial charge in [-0.25, -0.2) is 13.8 Å². The van der Waals surface area contributed by atoms with Gasteiger partial charge in [0, 0.05) is 11.4 Å². The Balaban J connectivity index is 1.86. The maximum Gasteiger partial charge on any atom is 0.190 e. The van der Waals surface area contributed by atoms with E-state index in [1.807, 2.05) is 52.4 Å². The molecule has 2 aromatic carbocycles. The molecule has 6 heteroatoms. The second kappa shape index (κ2) is 7.09. The minimum Gasteiger partial charge on any atom is -0.467 e. The Morgan fingerprint density at radius 2 is 1.85 bits per heavy atom. The first-order chi connectivity index (χ1) is 12.7. The number of halogens is 2. The van der Waals surface area contributed by atoms with Gasteiger partial charge < -0.3 is 8.98 Å². The van der Waals surface area contributed by atoms with Crippen LogP contribution in [0.4, 0.5) is 14.5 Å². The third-order valence-corrected chi connectivity index (χ3v) is 4.75. The Morgan fingerprint density at radius 1 is 1.00 bits per heavy atom. The Hall–Kier alpha value is -2.99. The first-order valence-corrected chi connectivity index (χ1v) is 8.84. The smallest absolute Gasteiger partial charge is 0.190 e. The molecular formula is C20H14F2N2OS. The Labute approximate surface area is 152 Å². The van der Waals surface area contributed by atoms with Crippen molar-refractivity contribution in [2.24, 2.45) is 4.99 Å². The third-order valence-electron chi connectivity index (χ3n) is 3.89. The Kier molecular flexibility index (Phi) is 4.50. The molecule has 0 amide bonds. The number of benzene rings is 2. The van der Waals surface area contributed by atoms with Crippen LogP contribution >= 0.6 is 11.3 Å². The number of hydrogen-bond acceptors (Lipinski definition) is 3. The van der Waals surface area contributed by atoms with Crippen molar-refractivity contribution in [2.45, 2.75) is 6.54 Å². The molecule has 0 atom stereocenters. The maximum absolute atomic E-state index is 14.0. The molecule has 0 aliphatic heterocycles. The standard InChI is InChI=1S/C20H14F2N2OS/c21-15-8-9-18(17(22)11-15)23-20-24(12-16-7-4-10-25-16)19(13-26-20)14-5-2-1-3-6-14/h1-11,13H,12H2. The van der Waals surface area contributed by atoms with Gasteiger partial charge >= 0.3 is 0 Å². The molecule has 0 spiro atoms. The van der Waals surface area contributed by atoms with E-state index in [1.54, 1.807) is 6.26 Å². The zero-order valence-electron chi connectivity index (χ0n) is 13.6. The van der Waals surface area contributed by atoms with Gasteiger partial charge in [0.25, 0.3) is 0 Å². The van der Waals surface area contributed by atoms with Crippen LogP contribution in [0.15, 0.2) is 81.7 Å². The summed E-state index contributed by atoms with van der Waals surface area (Å²) in [5.41, 5.74) is 2.07. The van der Waals surface area contributed by atoms with Crippen LogP contribution in [0.3, 0.4) is 0 Å². The lowest BCUT2D eigenvalue weighted by Crippen LogP contribution is -2.16. The molecule has 0 aliphatic carbocycles. The largest absolute Gasteiger partial charge is 0.467 e. The minimum absolute atomic E-state index is 0.0982. The van der Waals surface area contributed by atoms with Crippen LogP contribution in [0.2, 0.25) is 0 Å². The van der Waals surface area contributed by atoms with Crippen LogP contribution in [0.25, 0.3) is 11.3 Å². The van der Waals surface area contributed by atoms with E-state index in [9.17, 15) is 8.78 Å². The molecule has 4 aromatic rings. The predicted molar refractivity (Wildman–Crippen MR) is 97.1 cm³/mol. The highest BCUT2D eigenvalue weighted by atomic mass is 32.1. The van der Waals surface area contributed by atoms with Crippen molar-refractivity contribution >= 4 is 17.0 Å². The van der Waals surface area contributed by atoms with Crippen LogP contribution < -0.4 is 4.80 Å². The zero-order valence-corrected chi connectivity index (χ0v) is 14.4. The lowest BCUT2D eigenvalue weighted by atomic mass is 10.2. The average Bonchev–Trinajstić information content (AvgIpc) is 3.29. The van der Waals surface area contributed by atoms with Crippen molar-refractivity contribution in [1.29, 1.82) is 0 Å². The zero-order chi connectivity index (χ0) is 17.9. The van der Waals surface area contributed by atoms with Crippen molar-refractivity contribution in [1.82, 2.24) is 4.57 Å². The topological polar surface area (TPSA) is 30.4 Å². The summed E-state index contributed by atoms with van der Waals surface area (Å²) in [5, 5.41) is 1.97. The monoisotopic (exact) mass is 368 g/mol. The summed E-state index contributed by atoms with van der Waals surface area (Å²) in [6.07, 6.45) is 1.61. The van der Waals surface area contributed by atoms with Gasteiger partial charge in [-0.15, -0.1) is 11.3 Å². The van der Waals surface area contributed by atoms with E-state index < -0.39 is 11.6 Å². The van der Waals surface area contributed by atoms with Gasteiger partial charge in [0.2, 0.25) is 0 Å². The number of hydrogen-bond donors (Lipinski definition) is 0. The molecule has 0 N–H and O–H groups in total. The Bertz CT molecular complexity index is 1080. The molecule has 0 saturated heterocycles. The third kappa shape index (κ3) is 3.36. The summed E-state index contributed by atoms with van der Waals surface area (Å²) in [7, 11) is 0. The molecular weight excluding hydrogens is 354 g/mol. The molecule has 130 valence electrons. The SMILES string of the molecule is Fc1ccc(N=c2scc(-c3ccccc3)n2Cc2ccco2)c(F)c1. The predicted octanol–water partition coefficient (Wildman–Crippen LogP) is 5.37. The highest BCUT2D eigenvalue weighted by molar-refractivity contribution is 7.07. The van der Waals surface area contributed by atoms with E-state index >= 15 is 0 Å². The molecule has 0 radical (unpaired) electrons. The lowest BCUT2D eigenvalue weighted by Gasteiger charge is -2.07. The fourth-order valence-electron chi connectivity index (χ4n) is 2.64. The lowest BCUT2D eigenvalue weighted by molar-refractivity contribution is 0.492. The molecule has 4 rings (SSSR count). The van der Waals surface area contributed by atoms with Crippen LogP contribution in [-0.2, 0) is 6.54 Å². The summed E-state index contributed by atoms with van der Waals surface area (Å²) in [4.78, 5) is 5.01. The van der Waals surface area contributed by atoms with Crippen molar-refractivity contribution < 1.29 is 13.2 Å². The summed E-state index contributed by atoms with van der Waals surface area (Å²) in [6.45, 7) is 0.461. The fraction of sp³-hybridized carbons (Fsp3) is 0.0500. The first kappa shape index (κ1) is 16.5. The van der Waals surface area contributed by atoms with Crippen molar-refractivity contribution in [3.63, 3.8) is 0 Å². The fourth-order valence-corrected chi connectivity index (χ4v) is 3.57. The number of rotatable bonds is 4. The van der Waals surface area contributed by atoms with Gasteiger partial charge in [0.15, 0.2) is 10.6 Å². The Morgan fingerprint density at radius 3 is 2.58 bits per heavy atom. The van der Waals surface area contributed by atoms with E-state index in [2.05, 4.69) is 4.99 Å². The molecule has 0 aliphatic rings. The van der Waals surface area contributed by atoms with Gasteiger partial charge in [-0.1, -0.05) is 30.3 Å². The summed E-state index contributed by atoms with van der Waals surface area (Å²) in [5.74, 6) is -0.549. The molecule has 26 heavy (non-hydrogen) atoms. The van der Waals surface area contributed by atoms with Crippen LogP contribution in [0.5, 0.6) is 0 Å². The van der Waals surface area contributed by atoms with Gasteiger partial charge in [-0.2, -0.15) is 0 Å². The number of thiazole rings is 1. The summed E-state index contributed by atoms with van der Waals surface area (Å²) in [6, 6.07) is 16.9. The minimum atomic E-state index is -0.691. The van der Waals surface area contributed by atoms with E-state index in [-0.39, 0.29) is 5.69 Å². The van der Waals surface area contributed by atoms with Crippen molar-refractivity contribution in [3.8, 4) is 11.3 Å². The maximum atomic E-state index is 14.0. The molecule has 2 aromatic heterocycles. The van der Waals surface area contributed by atoms with Crippen LogP contribution in [-0.4, -0.2) is 4.57 Å². The quantitative estimate of drug-likeness (QED) is 0.476. The van der Waals surface area contributed by atoms with E-state index in [0.29, 0.717) is 11.3 Å². The number of furan rings is 1. The van der Waals surface area contributed by atoms with E-state index in [0.717, 1.165) is 23.1 Å². The van der Waals surface area contributed by atoms with E-state index in [4.69, 9.17) is 4.42 Å². The molecule has 0 saturated carbocycles. The summed E-state index contributed by atoms with van der Waals surface area (Å²) >= 11 is 1.39. The van der Waals surface area contributed by atoms with Gasteiger partial charge in [-0.3, -0.25) is 0 Å². The normalized spacial score (nSPS) is 11.8. The first-order valence-electron chi connectivity index (χ1n) is 7.96. The van der Waals surface area contributed by atoms with Gasteiger partial charge in [0.1, 0.15) is 17.3 Å². The molecule has 0 unspecified atom stereocenters. The molecule has 0 fully saturated rings. The average molecular weight is 368 g/mol. The van der Waals surface area contributed by atoms with Gasteiger partial charge in [-0.05, 0) is 29.8 Å². The second-order valence-corrected chi connectivity index (χ2v) is 6.48.